The molecule has 1 heterocycles. The minimum absolute atomic E-state index is 0. The van der Waals surface area contributed by atoms with Crippen molar-refractivity contribution in [3.63, 3.8) is 0 Å². The van der Waals surface area contributed by atoms with E-state index in [0.29, 0.717) is 25.6 Å². The molecule has 0 unspecified atom stereocenters. The molecule has 8 nitrogen and oxygen atoms in total. The Bertz CT molecular complexity index is 797. The Kier molecular flexibility index (Phi) is 9.50. The molecule has 0 spiro atoms. The van der Waals surface area contributed by atoms with Crippen molar-refractivity contribution in [3.05, 3.63) is 30.1 Å². The summed E-state index contributed by atoms with van der Waals surface area (Å²) < 4.78 is 7.25. The van der Waals surface area contributed by atoms with Gasteiger partial charge in [-0.15, -0.1) is 24.0 Å². The predicted molar refractivity (Wildman–Crippen MR) is 123 cm³/mol. The van der Waals surface area contributed by atoms with Gasteiger partial charge in [0, 0.05) is 26.7 Å². The predicted octanol–water partition coefficient (Wildman–Crippen LogP) is 2.77. The summed E-state index contributed by atoms with van der Waals surface area (Å²) in [7, 11) is 1.99. The molecule has 2 rings (SSSR count). The number of hydrogen-bond donors (Lipinski definition) is 3. The molecular formula is C19H31IN6O2. The Morgan fingerprint density at radius 3 is 2.50 bits per heavy atom. The van der Waals surface area contributed by atoms with Crippen LogP contribution in [0, 0.1) is 0 Å². The third-order valence-electron chi connectivity index (χ3n) is 3.69. The molecule has 0 radical (unpaired) electrons. The number of alkyl carbamates (subject to hydrolysis) is 1. The van der Waals surface area contributed by atoms with Crippen LogP contribution in [-0.4, -0.2) is 46.8 Å². The topological polar surface area (TPSA) is 92.6 Å². The maximum absolute atomic E-state index is 11.6. The van der Waals surface area contributed by atoms with Gasteiger partial charge in [0.2, 0.25) is 0 Å². The van der Waals surface area contributed by atoms with Crippen LogP contribution in [-0.2, 0) is 18.3 Å². The summed E-state index contributed by atoms with van der Waals surface area (Å²) in [5.41, 5.74) is 1.55. The van der Waals surface area contributed by atoms with Crippen molar-refractivity contribution in [2.45, 2.75) is 39.8 Å². The van der Waals surface area contributed by atoms with Gasteiger partial charge in [0.15, 0.2) is 5.96 Å². The highest BCUT2D eigenvalue weighted by Crippen LogP contribution is 2.14. The van der Waals surface area contributed by atoms with Crippen molar-refractivity contribution in [1.82, 2.24) is 25.5 Å². The van der Waals surface area contributed by atoms with Crippen LogP contribution < -0.4 is 16.0 Å². The molecule has 0 aliphatic heterocycles. The number of fused-ring (bicyclic) bond motifs is 1. The van der Waals surface area contributed by atoms with Gasteiger partial charge >= 0.3 is 6.09 Å². The van der Waals surface area contributed by atoms with Crippen molar-refractivity contribution < 1.29 is 9.53 Å². The highest BCUT2D eigenvalue weighted by molar-refractivity contribution is 14.0. The number of rotatable bonds is 6. The molecule has 28 heavy (non-hydrogen) atoms. The van der Waals surface area contributed by atoms with E-state index in [1.807, 2.05) is 63.6 Å². The number of hydrogen-bond acceptors (Lipinski definition) is 4. The van der Waals surface area contributed by atoms with Crippen LogP contribution in [0.3, 0.4) is 0 Å². The van der Waals surface area contributed by atoms with Crippen molar-refractivity contribution in [1.29, 1.82) is 0 Å². The Balaban J connectivity index is 0.00000392. The van der Waals surface area contributed by atoms with E-state index in [-0.39, 0.29) is 24.0 Å². The van der Waals surface area contributed by atoms with Crippen LogP contribution in [0.5, 0.6) is 0 Å². The number of imidazole rings is 1. The van der Waals surface area contributed by atoms with Gasteiger partial charge < -0.3 is 25.3 Å². The van der Waals surface area contributed by atoms with Gasteiger partial charge in [-0.25, -0.2) is 14.8 Å². The highest BCUT2D eigenvalue weighted by Gasteiger charge is 2.15. The summed E-state index contributed by atoms with van der Waals surface area (Å²) >= 11 is 0. The minimum Gasteiger partial charge on any atom is -0.444 e. The molecule has 0 atom stereocenters. The first-order chi connectivity index (χ1) is 12.8. The second-order valence-electron chi connectivity index (χ2n) is 7.13. The molecule has 9 heteroatoms. The summed E-state index contributed by atoms with van der Waals surface area (Å²) in [5, 5.41) is 9.10. The zero-order valence-electron chi connectivity index (χ0n) is 17.2. The van der Waals surface area contributed by atoms with Crippen molar-refractivity contribution >= 4 is 47.1 Å². The monoisotopic (exact) mass is 502 g/mol. The van der Waals surface area contributed by atoms with Crippen LogP contribution in [0.15, 0.2) is 29.3 Å². The second kappa shape index (κ2) is 11.1. The lowest BCUT2D eigenvalue weighted by molar-refractivity contribution is 0.0529. The van der Waals surface area contributed by atoms with Crippen LogP contribution in [0.2, 0.25) is 0 Å². The van der Waals surface area contributed by atoms with E-state index in [1.165, 1.54) is 0 Å². The fourth-order valence-electron chi connectivity index (χ4n) is 2.49. The molecule has 3 N–H and O–H groups in total. The number of aryl methyl sites for hydroxylation is 1. The second-order valence-corrected chi connectivity index (χ2v) is 7.13. The van der Waals surface area contributed by atoms with Gasteiger partial charge in [-0.1, -0.05) is 12.1 Å². The first-order valence-corrected chi connectivity index (χ1v) is 9.19. The molecule has 0 saturated carbocycles. The van der Waals surface area contributed by atoms with Crippen molar-refractivity contribution in [2.24, 2.45) is 12.0 Å². The maximum atomic E-state index is 11.6. The number of guanidine groups is 1. The quantitative estimate of drug-likeness (QED) is 0.245. The number of ether oxygens (including phenoxy) is 1. The van der Waals surface area contributed by atoms with Crippen LogP contribution in [0.1, 0.15) is 33.5 Å². The molecule has 0 fully saturated rings. The Morgan fingerprint density at radius 1 is 1.18 bits per heavy atom. The Morgan fingerprint density at radius 2 is 1.86 bits per heavy atom. The van der Waals surface area contributed by atoms with Crippen molar-refractivity contribution in [3.8, 4) is 0 Å². The number of carbonyl (C=O) groups excluding carboxylic acids is 1. The third-order valence-corrected chi connectivity index (χ3v) is 3.69. The summed E-state index contributed by atoms with van der Waals surface area (Å²) in [6, 6.07) is 8.02. The summed E-state index contributed by atoms with van der Waals surface area (Å²) in [6.45, 7) is 9.68. The number of para-hydroxylation sites is 2. The van der Waals surface area contributed by atoms with Gasteiger partial charge in [-0.2, -0.15) is 0 Å². The summed E-state index contributed by atoms with van der Waals surface area (Å²) in [6.07, 6.45) is -0.425. The molecule has 1 aromatic heterocycles. The van der Waals surface area contributed by atoms with Crippen LogP contribution >= 0.6 is 24.0 Å². The van der Waals surface area contributed by atoms with E-state index >= 15 is 0 Å². The summed E-state index contributed by atoms with van der Waals surface area (Å²) in [4.78, 5) is 20.9. The van der Waals surface area contributed by atoms with Crippen LogP contribution in [0.4, 0.5) is 4.79 Å². The van der Waals surface area contributed by atoms with Crippen molar-refractivity contribution in [2.75, 3.05) is 19.6 Å². The molecule has 0 bridgehead atoms. The Labute approximate surface area is 183 Å². The third kappa shape index (κ3) is 7.53. The molecule has 0 saturated heterocycles. The van der Waals surface area contributed by atoms with E-state index in [1.54, 1.807) is 0 Å². The average Bonchev–Trinajstić information content (AvgIpc) is 2.91. The number of halogens is 1. The normalized spacial score (nSPS) is 11.7. The molecule has 0 aliphatic rings. The van der Waals surface area contributed by atoms with Gasteiger partial charge in [-0.3, -0.25) is 0 Å². The molecule has 2 aromatic rings. The number of amides is 1. The first kappa shape index (κ1) is 24.0. The lowest BCUT2D eigenvalue weighted by atomic mass is 10.2. The van der Waals surface area contributed by atoms with Gasteiger partial charge in [0.1, 0.15) is 18.0 Å². The Hall–Kier alpha value is -2.04. The fourth-order valence-corrected chi connectivity index (χ4v) is 2.49. The van der Waals surface area contributed by atoms with E-state index < -0.39 is 11.7 Å². The number of benzene rings is 1. The van der Waals surface area contributed by atoms with E-state index in [4.69, 9.17) is 4.74 Å². The van der Waals surface area contributed by atoms with Crippen LogP contribution in [0.25, 0.3) is 11.0 Å². The van der Waals surface area contributed by atoms with Gasteiger partial charge in [0.25, 0.3) is 0 Å². The standard InChI is InChI=1S/C19H30N6O2.HI/c1-6-20-17(21-11-12-22-18(26)27-19(2,3)4)23-13-16-24-14-9-7-8-10-15(14)25(16)5;/h7-10H,6,11-13H2,1-5H3,(H,22,26)(H2,20,21,23);1H. The van der Waals surface area contributed by atoms with E-state index in [9.17, 15) is 4.79 Å². The lowest BCUT2D eigenvalue weighted by Gasteiger charge is -2.19. The van der Waals surface area contributed by atoms with E-state index in [0.717, 1.165) is 23.4 Å². The first-order valence-electron chi connectivity index (χ1n) is 9.19. The largest absolute Gasteiger partial charge is 0.444 e. The van der Waals surface area contributed by atoms with E-state index in [2.05, 4.69) is 25.9 Å². The summed E-state index contributed by atoms with van der Waals surface area (Å²) in [5.74, 6) is 1.57. The molecule has 1 aromatic carbocycles. The number of nitrogens with one attached hydrogen (secondary N) is 3. The average molecular weight is 502 g/mol. The highest BCUT2D eigenvalue weighted by atomic mass is 127. The number of nitrogens with zero attached hydrogens (tertiary/aromatic N) is 3. The number of aromatic nitrogens is 2. The molecule has 0 aliphatic carbocycles. The molecule has 156 valence electrons. The van der Waals surface area contributed by atoms with Gasteiger partial charge in [-0.05, 0) is 39.8 Å². The zero-order chi connectivity index (χ0) is 19.9. The maximum Gasteiger partial charge on any atom is 0.407 e. The van der Waals surface area contributed by atoms with Gasteiger partial charge in [0.05, 0.1) is 11.0 Å². The zero-order valence-corrected chi connectivity index (χ0v) is 19.5. The molecule has 1 amide bonds. The number of carbonyl (C=O) groups is 1. The number of aliphatic imine (C=N–C) groups is 1. The molecular weight excluding hydrogens is 471 g/mol. The smallest absolute Gasteiger partial charge is 0.407 e. The lowest BCUT2D eigenvalue weighted by Crippen LogP contribution is -2.42. The minimum atomic E-state index is -0.500. The fraction of sp³-hybridized carbons (Fsp3) is 0.526. The SMILES string of the molecule is CCNC(=NCc1nc2ccccc2n1C)NCCNC(=O)OC(C)(C)C.I.